The number of halogens is 1. The highest BCUT2D eigenvalue weighted by Crippen LogP contribution is 2.22. The zero-order chi connectivity index (χ0) is 12.1. The molecule has 2 rings (SSSR count). The molecule has 2 atom stereocenters. The van der Waals surface area contributed by atoms with E-state index in [9.17, 15) is 0 Å². The van der Waals surface area contributed by atoms with Gasteiger partial charge in [-0.05, 0) is 36.5 Å². The fraction of sp³-hybridized carbons (Fsp3) is 0.571. The molecular weight excluding hydrogens is 234 g/mol. The van der Waals surface area contributed by atoms with Crippen LogP contribution >= 0.6 is 11.6 Å². The smallest absolute Gasteiger partial charge is 0.0613 e. The lowest BCUT2D eigenvalue weighted by Crippen LogP contribution is -2.27. The van der Waals surface area contributed by atoms with E-state index in [2.05, 4.69) is 18.3 Å². The zero-order valence-corrected chi connectivity index (χ0v) is 11.0. The monoisotopic (exact) mass is 253 g/mol. The van der Waals surface area contributed by atoms with Gasteiger partial charge in [0.05, 0.1) is 6.10 Å². The van der Waals surface area contributed by atoms with Crippen molar-refractivity contribution in [3.8, 4) is 0 Å². The zero-order valence-electron chi connectivity index (χ0n) is 10.3. The number of hydrogen-bond acceptors (Lipinski definition) is 2. The molecule has 0 spiro atoms. The van der Waals surface area contributed by atoms with Crippen molar-refractivity contribution in [3.05, 3.63) is 34.9 Å². The third-order valence-corrected chi connectivity index (χ3v) is 3.61. The van der Waals surface area contributed by atoms with Gasteiger partial charge < -0.3 is 10.1 Å². The van der Waals surface area contributed by atoms with Crippen LogP contribution in [-0.4, -0.2) is 19.3 Å². The van der Waals surface area contributed by atoms with E-state index < -0.39 is 0 Å². The number of benzene rings is 1. The molecule has 0 saturated carbocycles. The van der Waals surface area contributed by atoms with Crippen molar-refractivity contribution in [2.24, 2.45) is 5.92 Å². The molecule has 1 aromatic carbocycles. The third-order valence-electron chi connectivity index (χ3n) is 3.37. The number of hydrogen-bond donors (Lipinski definition) is 1. The minimum absolute atomic E-state index is 0.446. The molecule has 2 nitrogen and oxygen atoms in total. The minimum atomic E-state index is 0.446. The lowest BCUT2D eigenvalue weighted by Gasteiger charge is -2.17. The Balaban J connectivity index is 1.76. The number of ether oxygens (including phenoxy) is 1. The van der Waals surface area contributed by atoms with Gasteiger partial charge in [0.25, 0.3) is 0 Å². The van der Waals surface area contributed by atoms with Gasteiger partial charge in [-0.2, -0.15) is 0 Å². The van der Waals surface area contributed by atoms with Crippen molar-refractivity contribution in [2.75, 3.05) is 13.2 Å². The van der Waals surface area contributed by atoms with Crippen molar-refractivity contribution >= 4 is 11.6 Å². The SMILES string of the molecule is CCC1OCCC1CNCc1cccc(Cl)c1. The molecule has 1 N–H and O–H groups in total. The van der Waals surface area contributed by atoms with E-state index in [1.165, 1.54) is 12.0 Å². The van der Waals surface area contributed by atoms with Gasteiger partial charge in [0.15, 0.2) is 0 Å². The van der Waals surface area contributed by atoms with Crippen LogP contribution in [0.15, 0.2) is 24.3 Å². The van der Waals surface area contributed by atoms with Gasteiger partial charge >= 0.3 is 0 Å². The summed E-state index contributed by atoms with van der Waals surface area (Å²) in [4.78, 5) is 0. The Hall–Kier alpha value is -0.570. The molecule has 1 saturated heterocycles. The minimum Gasteiger partial charge on any atom is -0.378 e. The van der Waals surface area contributed by atoms with Crippen LogP contribution in [-0.2, 0) is 11.3 Å². The van der Waals surface area contributed by atoms with E-state index in [0.29, 0.717) is 12.0 Å². The average Bonchev–Trinajstić information content (AvgIpc) is 2.77. The summed E-state index contributed by atoms with van der Waals surface area (Å²) in [7, 11) is 0. The molecule has 17 heavy (non-hydrogen) atoms. The first-order valence-electron chi connectivity index (χ1n) is 6.36. The molecule has 1 fully saturated rings. The topological polar surface area (TPSA) is 21.3 Å². The van der Waals surface area contributed by atoms with Gasteiger partial charge in [-0.15, -0.1) is 0 Å². The Morgan fingerprint density at radius 3 is 3.12 bits per heavy atom. The first kappa shape index (κ1) is 12.9. The molecule has 1 heterocycles. The maximum absolute atomic E-state index is 5.95. The van der Waals surface area contributed by atoms with Crippen molar-refractivity contribution in [2.45, 2.75) is 32.4 Å². The molecule has 94 valence electrons. The van der Waals surface area contributed by atoms with Gasteiger partial charge in [-0.3, -0.25) is 0 Å². The summed E-state index contributed by atoms with van der Waals surface area (Å²) in [6, 6.07) is 8.01. The molecule has 1 aliphatic heterocycles. The fourth-order valence-corrected chi connectivity index (χ4v) is 2.64. The lowest BCUT2D eigenvalue weighted by atomic mass is 9.99. The van der Waals surface area contributed by atoms with E-state index in [1.54, 1.807) is 0 Å². The maximum atomic E-state index is 5.95. The van der Waals surface area contributed by atoms with Crippen LogP contribution < -0.4 is 5.32 Å². The van der Waals surface area contributed by atoms with Crippen LogP contribution in [0.25, 0.3) is 0 Å². The predicted octanol–water partition coefficient (Wildman–Crippen LogP) is 3.24. The molecule has 1 aliphatic rings. The Morgan fingerprint density at radius 1 is 1.47 bits per heavy atom. The Morgan fingerprint density at radius 2 is 2.35 bits per heavy atom. The second kappa shape index (κ2) is 6.39. The fourth-order valence-electron chi connectivity index (χ4n) is 2.43. The highest BCUT2D eigenvalue weighted by molar-refractivity contribution is 6.30. The van der Waals surface area contributed by atoms with Crippen LogP contribution in [0.2, 0.25) is 5.02 Å². The van der Waals surface area contributed by atoms with Crippen LogP contribution in [0, 0.1) is 5.92 Å². The van der Waals surface area contributed by atoms with Crippen molar-refractivity contribution in [1.29, 1.82) is 0 Å². The van der Waals surface area contributed by atoms with Crippen LogP contribution in [0.5, 0.6) is 0 Å². The Kier molecular flexibility index (Phi) is 4.84. The molecule has 1 aromatic rings. The second-order valence-electron chi connectivity index (χ2n) is 4.63. The highest BCUT2D eigenvalue weighted by atomic mass is 35.5. The summed E-state index contributed by atoms with van der Waals surface area (Å²) in [6.07, 6.45) is 2.74. The molecule has 3 heteroatoms. The largest absolute Gasteiger partial charge is 0.378 e. The van der Waals surface area contributed by atoms with Crippen molar-refractivity contribution in [3.63, 3.8) is 0 Å². The third kappa shape index (κ3) is 3.70. The van der Waals surface area contributed by atoms with Gasteiger partial charge in [0.1, 0.15) is 0 Å². The molecule has 0 aromatic heterocycles. The molecule has 0 aliphatic carbocycles. The molecular formula is C14H20ClNO. The van der Waals surface area contributed by atoms with E-state index in [-0.39, 0.29) is 0 Å². The summed E-state index contributed by atoms with van der Waals surface area (Å²) in [5, 5.41) is 4.30. The second-order valence-corrected chi connectivity index (χ2v) is 5.06. The Bertz CT molecular complexity index is 356. The number of nitrogens with one attached hydrogen (secondary N) is 1. The van der Waals surface area contributed by atoms with Gasteiger partial charge in [-0.25, -0.2) is 0 Å². The van der Waals surface area contributed by atoms with E-state index >= 15 is 0 Å². The van der Waals surface area contributed by atoms with Gasteiger partial charge in [0.2, 0.25) is 0 Å². The first-order valence-corrected chi connectivity index (χ1v) is 6.74. The highest BCUT2D eigenvalue weighted by Gasteiger charge is 2.25. The maximum Gasteiger partial charge on any atom is 0.0613 e. The molecule has 0 bridgehead atoms. The summed E-state index contributed by atoms with van der Waals surface area (Å²) >= 11 is 5.95. The first-order chi connectivity index (χ1) is 8.29. The van der Waals surface area contributed by atoms with Gasteiger partial charge in [-0.1, -0.05) is 30.7 Å². The summed E-state index contributed by atoms with van der Waals surface area (Å²) < 4.78 is 5.68. The van der Waals surface area contributed by atoms with Crippen molar-refractivity contribution in [1.82, 2.24) is 5.32 Å². The molecule has 2 unspecified atom stereocenters. The molecule has 0 radical (unpaired) electrons. The number of rotatable bonds is 5. The summed E-state index contributed by atoms with van der Waals surface area (Å²) in [6.45, 7) is 5.03. The van der Waals surface area contributed by atoms with Crippen LogP contribution in [0.3, 0.4) is 0 Å². The van der Waals surface area contributed by atoms with Gasteiger partial charge in [0, 0.05) is 24.7 Å². The summed E-state index contributed by atoms with van der Waals surface area (Å²) in [5.74, 6) is 0.666. The van der Waals surface area contributed by atoms with Crippen molar-refractivity contribution < 1.29 is 4.74 Å². The average molecular weight is 254 g/mol. The standard InChI is InChI=1S/C14H20ClNO/c1-2-14-12(6-7-17-14)10-16-9-11-4-3-5-13(15)8-11/h3-5,8,12,14,16H,2,6-7,9-10H2,1H3. The normalized spacial score (nSPS) is 24.1. The predicted molar refractivity (Wildman–Crippen MR) is 71.3 cm³/mol. The van der Waals surface area contributed by atoms with Crippen LogP contribution in [0.4, 0.5) is 0 Å². The van der Waals surface area contributed by atoms with E-state index in [1.807, 2.05) is 18.2 Å². The quantitative estimate of drug-likeness (QED) is 0.870. The summed E-state index contributed by atoms with van der Waals surface area (Å²) in [5.41, 5.74) is 1.24. The van der Waals surface area contributed by atoms with Crippen LogP contribution in [0.1, 0.15) is 25.3 Å². The Labute approximate surface area is 108 Å². The lowest BCUT2D eigenvalue weighted by molar-refractivity contribution is 0.0872. The molecule has 0 amide bonds. The van der Waals surface area contributed by atoms with E-state index in [4.69, 9.17) is 16.3 Å². The van der Waals surface area contributed by atoms with E-state index in [0.717, 1.165) is 31.1 Å².